The first-order valence-electron chi connectivity index (χ1n) is 8.55. The highest BCUT2D eigenvalue weighted by Gasteiger charge is 2.12. The van der Waals surface area contributed by atoms with Crippen molar-refractivity contribution in [2.24, 2.45) is 0 Å². The number of benzene rings is 2. The molecule has 0 unspecified atom stereocenters. The van der Waals surface area contributed by atoms with E-state index >= 15 is 0 Å². The monoisotopic (exact) mass is 435 g/mol. The minimum absolute atomic E-state index is 0.0624. The summed E-state index contributed by atoms with van der Waals surface area (Å²) >= 11 is 8.71. The number of hydrogen-bond acceptors (Lipinski definition) is 7. The molecule has 0 saturated carbocycles. The summed E-state index contributed by atoms with van der Waals surface area (Å²) in [6.07, 6.45) is 0.0624. The summed E-state index contributed by atoms with van der Waals surface area (Å²) in [7, 11) is 0. The molecule has 2 aromatic carbocycles. The maximum Gasteiger partial charge on any atom is 0.316 e. The quantitative estimate of drug-likeness (QED) is 0.273. The van der Waals surface area contributed by atoms with Gasteiger partial charge in [0.1, 0.15) is 5.75 Å². The number of nitrogens with zero attached hydrogens (tertiary/aromatic N) is 1. The van der Waals surface area contributed by atoms with Crippen LogP contribution in [0.4, 0.5) is 0 Å². The first kappa shape index (κ1) is 20.6. The zero-order valence-electron chi connectivity index (χ0n) is 15.3. The number of thiazole rings is 1. The minimum Gasteiger partial charge on any atom is -0.491 e. The van der Waals surface area contributed by atoms with Crippen LogP contribution in [-0.2, 0) is 9.53 Å². The normalized spacial score (nSPS) is 11.0. The van der Waals surface area contributed by atoms with Crippen molar-refractivity contribution in [1.29, 1.82) is 0 Å². The number of Topliss-reactive ketones (excluding diaryl/α,β-unsaturated/α-hetero) is 1. The molecule has 0 fully saturated rings. The number of aromatic nitrogens is 1. The summed E-state index contributed by atoms with van der Waals surface area (Å²) in [5, 5.41) is 0.621. The molecular formula is C20H18ClNO4S2. The van der Waals surface area contributed by atoms with E-state index in [-0.39, 0.29) is 24.2 Å². The maximum absolute atomic E-state index is 12.2. The molecule has 0 aliphatic carbocycles. The Hall–Kier alpha value is -2.09. The fraction of sp³-hybridized carbons (Fsp3) is 0.250. The average molecular weight is 436 g/mol. The Morgan fingerprint density at radius 1 is 1.18 bits per heavy atom. The number of thioether (sulfide) groups is 1. The van der Waals surface area contributed by atoms with Crippen molar-refractivity contribution >= 4 is 56.7 Å². The third kappa shape index (κ3) is 5.70. The summed E-state index contributed by atoms with van der Waals surface area (Å²) in [5.41, 5.74) is 1.27. The summed E-state index contributed by atoms with van der Waals surface area (Å²) in [5.74, 6) is 0.0543. The molecule has 5 nitrogen and oxygen atoms in total. The van der Waals surface area contributed by atoms with E-state index in [0.29, 0.717) is 16.3 Å². The largest absolute Gasteiger partial charge is 0.491 e. The zero-order chi connectivity index (χ0) is 20.1. The van der Waals surface area contributed by atoms with Gasteiger partial charge < -0.3 is 9.47 Å². The Bertz CT molecular complexity index is 986. The Morgan fingerprint density at radius 2 is 1.93 bits per heavy atom. The number of halogens is 1. The fourth-order valence-electron chi connectivity index (χ4n) is 2.32. The summed E-state index contributed by atoms with van der Waals surface area (Å²) in [6.45, 7) is 3.57. The number of fused-ring (bicyclic) bond motifs is 1. The maximum atomic E-state index is 12.2. The van der Waals surface area contributed by atoms with Crippen molar-refractivity contribution in [3.63, 3.8) is 0 Å². The van der Waals surface area contributed by atoms with E-state index in [1.54, 1.807) is 36.4 Å². The van der Waals surface area contributed by atoms with Gasteiger partial charge in [-0.2, -0.15) is 0 Å². The van der Waals surface area contributed by atoms with Crippen LogP contribution < -0.4 is 4.74 Å². The standard InChI is InChI=1S/C20H18ClNO4S2/c1-12(2)26-15-6-3-13(4-7-15)17(23)10-25-19(24)11-27-20-22-16-9-14(21)5-8-18(16)28-20/h3-9,12H,10-11H2,1-2H3. The highest BCUT2D eigenvalue weighted by Crippen LogP contribution is 2.31. The van der Waals surface area contributed by atoms with Gasteiger partial charge in [0.15, 0.2) is 16.7 Å². The van der Waals surface area contributed by atoms with Crippen LogP contribution in [-0.4, -0.2) is 35.2 Å². The summed E-state index contributed by atoms with van der Waals surface area (Å²) in [6, 6.07) is 12.3. The highest BCUT2D eigenvalue weighted by atomic mass is 35.5. The van der Waals surface area contributed by atoms with Gasteiger partial charge in [0.25, 0.3) is 0 Å². The Kier molecular flexibility index (Phi) is 6.93. The molecule has 0 aliphatic rings. The number of esters is 1. The average Bonchev–Trinajstić information content (AvgIpc) is 3.06. The number of ketones is 1. The van der Waals surface area contributed by atoms with Gasteiger partial charge in [0, 0.05) is 10.6 Å². The van der Waals surface area contributed by atoms with Gasteiger partial charge in [-0.1, -0.05) is 23.4 Å². The third-order valence-corrected chi connectivity index (χ3v) is 5.94. The molecule has 0 aliphatic heterocycles. The van der Waals surface area contributed by atoms with Crippen molar-refractivity contribution in [3.05, 3.63) is 53.1 Å². The topological polar surface area (TPSA) is 65.5 Å². The van der Waals surface area contributed by atoms with Crippen molar-refractivity contribution in [2.45, 2.75) is 24.3 Å². The molecule has 0 atom stereocenters. The van der Waals surface area contributed by atoms with Crippen molar-refractivity contribution in [3.8, 4) is 5.75 Å². The van der Waals surface area contributed by atoms with Crippen LogP contribution in [0.1, 0.15) is 24.2 Å². The second-order valence-corrected chi connectivity index (χ2v) is 8.84. The Labute approximate surface area is 176 Å². The number of carbonyl (C=O) groups is 2. The number of carbonyl (C=O) groups excluding carboxylic acids is 2. The molecule has 146 valence electrons. The summed E-state index contributed by atoms with van der Waals surface area (Å²) in [4.78, 5) is 28.5. The van der Waals surface area contributed by atoms with E-state index in [2.05, 4.69) is 4.98 Å². The van der Waals surface area contributed by atoms with Crippen LogP contribution in [0.5, 0.6) is 5.75 Å². The van der Waals surface area contributed by atoms with E-state index in [0.717, 1.165) is 14.6 Å². The second kappa shape index (κ2) is 9.41. The second-order valence-electron chi connectivity index (χ2n) is 6.16. The van der Waals surface area contributed by atoms with Crippen LogP contribution in [0.25, 0.3) is 10.2 Å². The van der Waals surface area contributed by atoms with Crippen LogP contribution in [0, 0.1) is 0 Å². The van der Waals surface area contributed by atoms with E-state index in [1.165, 1.54) is 23.1 Å². The first-order chi connectivity index (χ1) is 13.4. The van der Waals surface area contributed by atoms with Crippen molar-refractivity contribution < 1.29 is 19.1 Å². The van der Waals surface area contributed by atoms with Crippen LogP contribution in [0.3, 0.4) is 0 Å². The lowest BCUT2D eigenvalue weighted by Crippen LogP contribution is -2.15. The smallest absolute Gasteiger partial charge is 0.316 e. The van der Waals surface area contributed by atoms with Gasteiger partial charge in [0.05, 0.1) is 22.1 Å². The lowest BCUT2D eigenvalue weighted by molar-refractivity contribution is -0.139. The number of rotatable bonds is 8. The van der Waals surface area contributed by atoms with Crippen LogP contribution in [0.15, 0.2) is 46.8 Å². The minimum atomic E-state index is -0.463. The van der Waals surface area contributed by atoms with Gasteiger partial charge in [-0.3, -0.25) is 9.59 Å². The molecule has 1 heterocycles. The molecule has 3 rings (SSSR count). The molecule has 0 amide bonds. The van der Waals surface area contributed by atoms with Gasteiger partial charge in [0.2, 0.25) is 0 Å². The molecular weight excluding hydrogens is 418 g/mol. The number of hydrogen-bond donors (Lipinski definition) is 0. The SMILES string of the molecule is CC(C)Oc1ccc(C(=O)COC(=O)CSc2nc3cc(Cl)ccc3s2)cc1. The molecule has 28 heavy (non-hydrogen) atoms. The van der Waals surface area contributed by atoms with Gasteiger partial charge in [-0.25, -0.2) is 4.98 Å². The number of ether oxygens (including phenoxy) is 2. The third-order valence-electron chi connectivity index (χ3n) is 3.56. The van der Waals surface area contributed by atoms with Crippen LogP contribution in [0.2, 0.25) is 5.02 Å². The highest BCUT2D eigenvalue weighted by molar-refractivity contribution is 8.01. The lowest BCUT2D eigenvalue weighted by Gasteiger charge is -2.10. The molecule has 1 aromatic heterocycles. The van der Waals surface area contributed by atoms with E-state index in [4.69, 9.17) is 21.1 Å². The molecule has 3 aromatic rings. The molecule has 8 heteroatoms. The molecule has 0 bridgehead atoms. The van der Waals surface area contributed by atoms with Crippen molar-refractivity contribution in [2.75, 3.05) is 12.4 Å². The molecule has 0 radical (unpaired) electrons. The van der Waals surface area contributed by atoms with Crippen LogP contribution >= 0.6 is 34.7 Å². The van der Waals surface area contributed by atoms with E-state index in [9.17, 15) is 9.59 Å². The van der Waals surface area contributed by atoms with Gasteiger partial charge in [-0.05, 0) is 56.3 Å². The first-order valence-corrected chi connectivity index (χ1v) is 10.7. The predicted molar refractivity (Wildman–Crippen MR) is 113 cm³/mol. The fourth-order valence-corrected chi connectivity index (χ4v) is 4.34. The van der Waals surface area contributed by atoms with E-state index < -0.39 is 5.97 Å². The van der Waals surface area contributed by atoms with Gasteiger partial charge in [-0.15, -0.1) is 11.3 Å². The lowest BCUT2D eigenvalue weighted by atomic mass is 10.1. The van der Waals surface area contributed by atoms with Gasteiger partial charge >= 0.3 is 5.97 Å². The Balaban J connectivity index is 1.47. The zero-order valence-corrected chi connectivity index (χ0v) is 17.7. The molecule has 0 N–H and O–H groups in total. The molecule has 0 saturated heterocycles. The Morgan fingerprint density at radius 3 is 2.64 bits per heavy atom. The van der Waals surface area contributed by atoms with E-state index in [1.807, 2.05) is 19.9 Å². The predicted octanol–water partition coefficient (Wildman–Crippen LogP) is 5.26. The summed E-state index contributed by atoms with van der Waals surface area (Å²) < 4.78 is 12.4. The van der Waals surface area contributed by atoms with Crippen molar-refractivity contribution in [1.82, 2.24) is 4.98 Å². The molecule has 0 spiro atoms.